The molecule has 0 fully saturated rings. The molecule has 0 heterocycles. The van der Waals surface area contributed by atoms with E-state index in [9.17, 15) is 14.4 Å². The first-order valence-corrected chi connectivity index (χ1v) is 29.6. The molecule has 6 nitrogen and oxygen atoms in total. The summed E-state index contributed by atoms with van der Waals surface area (Å²) in [7, 11) is 0. The molecule has 0 rings (SSSR count). The van der Waals surface area contributed by atoms with Crippen LogP contribution in [0.2, 0.25) is 0 Å². The van der Waals surface area contributed by atoms with E-state index in [0.29, 0.717) is 19.3 Å². The quantitative estimate of drug-likeness (QED) is 0.0343. The largest absolute Gasteiger partial charge is 0.462 e. The van der Waals surface area contributed by atoms with Crippen molar-refractivity contribution in [3.63, 3.8) is 0 Å². The van der Waals surface area contributed by atoms with Gasteiger partial charge in [0.25, 0.3) is 0 Å². The number of esters is 3. The summed E-state index contributed by atoms with van der Waals surface area (Å²) in [6, 6.07) is 0. The SMILES string of the molecule is CC(C)CCCCCCCCCCCCCCCCCCC(=O)O[C@@H](COC(=O)CCCCCCCCCCCCCCCC(C)C)COC(=O)CCCCCCCCCCCCC(C)C. The van der Waals surface area contributed by atoms with Gasteiger partial charge in [-0.05, 0) is 37.0 Å². The monoisotopic (exact) mass is 933 g/mol. The second-order valence-electron chi connectivity index (χ2n) is 22.1. The second kappa shape index (κ2) is 51.3. The van der Waals surface area contributed by atoms with E-state index >= 15 is 0 Å². The molecule has 0 saturated carbocycles. The Morgan fingerprint density at radius 2 is 0.439 bits per heavy atom. The summed E-state index contributed by atoms with van der Waals surface area (Å²) in [6.07, 6.45) is 53.8. The van der Waals surface area contributed by atoms with Crippen LogP contribution in [-0.2, 0) is 28.6 Å². The van der Waals surface area contributed by atoms with E-state index in [-0.39, 0.29) is 31.1 Å². The van der Waals surface area contributed by atoms with E-state index in [1.807, 2.05) is 0 Å². The molecule has 0 saturated heterocycles. The molecule has 0 aliphatic carbocycles. The van der Waals surface area contributed by atoms with Crippen molar-refractivity contribution in [2.24, 2.45) is 17.8 Å². The van der Waals surface area contributed by atoms with Gasteiger partial charge in [-0.1, -0.05) is 292 Å². The summed E-state index contributed by atoms with van der Waals surface area (Å²) in [5.74, 6) is 1.67. The molecule has 0 bridgehead atoms. The molecule has 6 heteroatoms. The minimum absolute atomic E-state index is 0.0634. The number of ether oxygens (including phenoxy) is 3. The maximum Gasteiger partial charge on any atom is 0.306 e. The number of hydrogen-bond donors (Lipinski definition) is 0. The van der Waals surface area contributed by atoms with Gasteiger partial charge in [-0.3, -0.25) is 14.4 Å². The molecule has 1 atom stereocenters. The van der Waals surface area contributed by atoms with Crippen LogP contribution in [0.3, 0.4) is 0 Å². The Bertz CT molecular complexity index is 1020. The second-order valence-corrected chi connectivity index (χ2v) is 22.1. The normalized spacial score (nSPS) is 12.1. The van der Waals surface area contributed by atoms with Crippen molar-refractivity contribution in [1.82, 2.24) is 0 Å². The fourth-order valence-electron chi connectivity index (χ4n) is 9.18. The molecule has 0 unspecified atom stereocenters. The van der Waals surface area contributed by atoms with Gasteiger partial charge in [0.05, 0.1) is 0 Å². The van der Waals surface area contributed by atoms with E-state index in [0.717, 1.165) is 75.5 Å². The fourth-order valence-corrected chi connectivity index (χ4v) is 9.18. The van der Waals surface area contributed by atoms with E-state index in [1.54, 1.807) is 0 Å². The summed E-state index contributed by atoms with van der Waals surface area (Å²) in [6.45, 7) is 13.8. The van der Waals surface area contributed by atoms with Crippen molar-refractivity contribution in [2.45, 2.75) is 337 Å². The van der Waals surface area contributed by atoms with Crippen LogP contribution >= 0.6 is 0 Å². The third kappa shape index (κ3) is 53.4. The van der Waals surface area contributed by atoms with Gasteiger partial charge >= 0.3 is 17.9 Å². The van der Waals surface area contributed by atoms with Gasteiger partial charge in [0, 0.05) is 19.3 Å². The van der Waals surface area contributed by atoms with E-state index in [4.69, 9.17) is 14.2 Å². The van der Waals surface area contributed by atoms with Crippen LogP contribution in [0.4, 0.5) is 0 Å². The van der Waals surface area contributed by atoms with Gasteiger partial charge in [-0.2, -0.15) is 0 Å². The molecule has 0 aromatic rings. The molecule has 0 spiro atoms. The van der Waals surface area contributed by atoms with Gasteiger partial charge in [-0.15, -0.1) is 0 Å². The minimum Gasteiger partial charge on any atom is -0.462 e. The smallest absolute Gasteiger partial charge is 0.306 e. The first-order chi connectivity index (χ1) is 32.1. The van der Waals surface area contributed by atoms with E-state index < -0.39 is 6.10 Å². The molecular formula is C60H116O6. The van der Waals surface area contributed by atoms with E-state index in [1.165, 1.54) is 212 Å². The highest BCUT2D eigenvalue weighted by Crippen LogP contribution is 2.19. The Morgan fingerprint density at radius 3 is 0.652 bits per heavy atom. The Labute approximate surface area is 412 Å². The number of carbonyl (C=O) groups is 3. The van der Waals surface area contributed by atoms with Gasteiger partial charge in [-0.25, -0.2) is 0 Å². The maximum atomic E-state index is 12.9. The fraction of sp³-hybridized carbons (Fsp3) is 0.950. The summed E-state index contributed by atoms with van der Waals surface area (Å²) in [4.78, 5) is 38.2. The number of hydrogen-bond acceptors (Lipinski definition) is 6. The molecule has 0 radical (unpaired) electrons. The summed E-state index contributed by atoms with van der Waals surface area (Å²) in [5.41, 5.74) is 0. The zero-order valence-electron chi connectivity index (χ0n) is 45.5. The Balaban J connectivity index is 4.29. The molecule has 0 N–H and O–H groups in total. The Hall–Kier alpha value is -1.59. The highest BCUT2D eigenvalue weighted by atomic mass is 16.6. The molecule has 0 aromatic carbocycles. The molecule has 0 aliphatic heterocycles. The first kappa shape index (κ1) is 64.4. The third-order valence-electron chi connectivity index (χ3n) is 13.6. The van der Waals surface area contributed by atoms with Crippen LogP contribution in [0.15, 0.2) is 0 Å². The van der Waals surface area contributed by atoms with Gasteiger partial charge in [0.2, 0.25) is 0 Å². The Kier molecular flexibility index (Phi) is 50.0. The van der Waals surface area contributed by atoms with Crippen molar-refractivity contribution >= 4 is 17.9 Å². The standard InChI is InChI=1S/C60H116O6/c1-54(2)46-40-34-28-22-16-12-9-7-8-10-14-19-27-33-39-45-51-60(63)66-57(53-65-59(62)50-44-38-32-26-21-20-24-30-36-42-48-56(5)6)52-64-58(61)49-43-37-31-25-18-15-11-13-17-23-29-35-41-47-55(3)4/h54-57H,7-53H2,1-6H3/t57-/m0/s1. The van der Waals surface area contributed by atoms with Gasteiger partial charge in [0.15, 0.2) is 6.10 Å². The molecule has 66 heavy (non-hydrogen) atoms. The van der Waals surface area contributed by atoms with Crippen molar-refractivity contribution in [1.29, 1.82) is 0 Å². The highest BCUT2D eigenvalue weighted by molar-refractivity contribution is 5.71. The van der Waals surface area contributed by atoms with Gasteiger partial charge < -0.3 is 14.2 Å². The predicted molar refractivity (Wildman–Crippen MR) is 284 cm³/mol. The zero-order valence-corrected chi connectivity index (χ0v) is 45.5. The lowest BCUT2D eigenvalue weighted by Gasteiger charge is -2.18. The number of carbonyl (C=O) groups excluding carboxylic acids is 3. The van der Waals surface area contributed by atoms with Crippen molar-refractivity contribution in [3.05, 3.63) is 0 Å². The molecule has 0 amide bonds. The van der Waals surface area contributed by atoms with Crippen LogP contribution in [-0.4, -0.2) is 37.2 Å². The van der Waals surface area contributed by atoms with E-state index in [2.05, 4.69) is 41.5 Å². The first-order valence-electron chi connectivity index (χ1n) is 29.6. The summed E-state index contributed by atoms with van der Waals surface area (Å²) >= 11 is 0. The van der Waals surface area contributed by atoms with Crippen LogP contribution in [0.1, 0.15) is 330 Å². The average Bonchev–Trinajstić information content (AvgIpc) is 3.28. The van der Waals surface area contributed by atoms with Crippen LogP contribution in [0.25, 0.3) is 0 Å². The summed E-state index contributed by atoms with van der Waals surface area (Å²) in [5, 5.41) is 0. The van der Waals surface area contributed by atoms with Crippen LogP contribution in [0, 0.1) is 17.8 Å². The lowest BCUT2D eigenvalue weighted by Crippen LogP contribution is -2.30. The number of unbranched alkanes of at least 4 members (excludes halogenated alkanes) is 36. The number of rotatable bonds is 53. The molecular weight excluding hydrogens is 817 g/mol. The van der Waals surface area contributed by atoms with Gasteiger partial charge in [0.1, 0.15) is 13.2 Å². The topological polar surface area (TPSA) is 78.9 Å². The van der Waals surface area contributed by atoms with Crippen LogP contribution in [0.5, 0.6) is 0 Å². The van der Waals surface area contributed by atoms with Crippen molar-refractivity contribution in [2.75, 3.05) is 13.2 Å². The predicted octanol–water partition coefficient (Wildman–Crippen LogP) is 19.5. The van der Waals surface area contributed by atoms with Crippen molar-refractivity contribution in [3.8, 4) is 0 Å². The highest BCUT2D eigenvalue weighted by Gasteiger charge is 2.19. The third-order valence-corrected chi connectivity index (χ3v) is 13.6. The lowest BCUT2D eigenvalue weighted by atomic mass is 10.0. The summed E-state index contributed by atoms with van der Waals surface area (Å²) < 4.78 is 16.9. The average molecular weight is 934 g/mol. The van der Waals surface area contributed by atoms with Crippen LogP contribution < -0.4 is 0 Å². The molecule has 0 aliphatic rings. The minimum atomic E-state index is -0.764. The van der Waals surface area contributed by atoms with Crippen molar-refractivity contribution < 1.29 is 28.6 Å². The lowest BCUT2D eigenvalue weighted by molar-refractivity contribution is -0.167. The Morgan fingerprint density at radius 1 is 0.258 bits per heavy atom. The maximum absolute atomic E-state index is 12.9. The zero-order chi connectivity index (χ0) is 48.4. The molecule has 0 aromatic heterocycles. The molecule has 392 valence electrons.